The smallest absolute Gasteiger partial charge is 0.407 e. The van der Waals surface area contributed by atoms with Crippen molar-refractivity contribution < 1.29 is 24.5 Å². The fourth-order valence-electron chi connectivity index (χ4n) is 1.56. The van der Waals surface area contributed by atoms with E-state index in [-0.39, 0.29) is 13.0 Å². The van der Waals surface area contributed by atoms with Crippen molar-refractivity contribution in [2.75, 3.05) is 6.54 Å². The number of unbranched alkanes of at least 4 members (excludes halogenated alkanes) is 1. The van der Waals surface area contributed by atoms with E-state index in [4.69, 9.17) is 26.6 Å². The van der Waals surface area contributed by atoms with Gasteiger partial charge in [0.2, 0.25) is 0 Å². The maximum absolute atomic E-state index is 11.4. The number of hydrogen-bond donors (Lipinski definition) is 3. The van der Waals surface area contributed by atoms with Crippen molar-refractivity contribution in [3.63, 3.8) is 0 Å². The van der Waals surface area contributed by atoms with Crippen LogP contribution >= 0.6 is 11.6 Å². The lowest BCUT2D eigenvalue weighted by Crippen LogP contribution is -2.25. The number of carbonyl (C=O) groups excluding carboxylic acids is 1. The van der Waals surface area contributed by atoms with E-state index in [0.717, 1.165) is 5.56 Å². The third-order valence-electron chi connectivity index (χ3n) is 2.74. The molecule has 0 fully saturated rings. The zero-order valence-corrected chi connectivity index (χ0v) is 12.2. The molecule has 1 rings (SSSR count). The molecule has 0 spiro atoms. The summed E-state index contributed by atoms with van der Waals surface area (Å²) in [5, 5.41) is 20.7. The zero-order valence-electron chi connectivity index (χ0n) is 11.4. The number of carbonyl (C=O) groups is 2. The molecule has 0 heterocycles. The molecule has 0 bridgehead atoms. The second kappa shape index (κ2) is 9.20. The Morgan fingerprint density at radius 2 is 1.90 bits per heavy atom. The van der Waals surface area contributed by atoms with Crippen LogP contribution < -0.4 is 5.32 Å². The number of carboxylic acid groups (broad SMARTS) is 1. The van der Waals surface area contributed by atoms with Crippen molar-refractivity contribution in [1.29, 1.82) is 0 Å². The van der Waals surface area contributed by atoms with Crippen molar-refractivity contribution >= 4 is 23.7 Å². The molecule has 0 aliphatic carbocycles. The van der Waals surface area contributed by atoms with Gasteiger partial charge in [0.05, 0.1) is 0 Å². The van der Waals surface area contributed by atoms with Crippen molar-refractivity contribution in [2.24, 2.45) is 0 Å². The highest BCUT2D eigenvalue weighted by atomic mass is 35.5. The zero-order chi connectivity index (χ0) is 15.7. The molecule has 0 aliphatic heterocycles. The Hall–Kier alpha value is -1.79. The minimum Gasteiger partial charge on any atom is -0.479 e. The minimum atomic E-state index is -1.35. The molecule has 0 aliphatic rings. The SMILES string of the molecule is O=C(NCCCC[C@H](O)C(=O)O)OCc1ccc(Cl)cc1. The van der Waals surface area contributed by atoms with E-state index in [1.807, 2.05) is 0 Å². The van der Waals surface area contributed by atoms with Crippen LogP contribution in [0.5, 0.6) is 0 Å². The van der Waals surface area contributed by atoms with Gasteiger partial charge in [0.15, 0.2) is 6.10 Å². The molecular weight excluding hydrogens is 298 g/mol. The molecular formula is C14H18ClNO5. The first-order valence-electron chi connectivity index (χ1n) is 6.55. The van der Waals surface area contributed by atoms with E-state index in [1.165, 1.54) is 0 Å². The van der Waals surface area contributed by atoms with Crippen LogP contribution in [0.2, 0.25) is 5.02 Å². The lowest BCUT2D eigenvalue weighted by atomic mass is 10.1. The molecule has 1 aromatic carbocycles. The average Bonchev–Trinajstić information content (AvgIpc) is 2.46. The van der Waals surface area contributed by atoms with Crippen molar-refractivity contribution in [3.8, 4) is 0 Å². The van der Waals surface area contributed by atoms with E-state index in [0.29, 0.717) is 24.4 Å². The molecule has 0 unspecified atom stereocenters. The van der Waals surface area contributed by atoms with Gasteiger partial charge >= 0.3 is 12.1 Å². The summed E-state index contributed by atoms with van der Waals surface area (Å²) in [6.45, 7) is 0.520. The number of ether oxygens (including phenoxy) is 1. The Balaban J connectivity index is 2.09. The molecule has 1 amide bonds. The molecule has 0 saturated carbocycles. The molecule has 3 N–H and O–H groups in total. The monoisotopic (exact) mass is 315 g/mol. The lowest BCUT2D eigenvalue weighted by Gasteiger charge is -2.08. The first-order chi connectivity index (χ1) is 9.99. The van der Waals surface area contributed by atoms with Gasteiger partial charge in [0.25, 0.3) is 0 Å². The predicted octanol–water partition coefficient (Wildman–Crippen LogP) is 2.18. The van der Waals surface area contributed by atoms with Gasteiger partial charge in [0, 0.05) is 11.6 Å². The molecule has 6 nitrogen and oxygen atoms in total. The van der Waals surface area contributed by atoms with Gasteiger partial charge in [-0.15, -0.1) is 0 Å². The average molecular weight is 316 g/mol. The maximum Gasteiger partial charge on any atom is 0.407 e. The third kappa shape index (κ3) is 7.53. The van der Waals surface area contributed by atoms with Crippen molar-refractivity contribution in [1.82, 2.24) is 5.32 Å². The van der Waals surface area contributed by atoms with E-state index in [1.54, 1.807) is 24.3 Å². The standard InChI is InChI=1S/C14H18ClNO5/c15-11-6-4-10(5-7-11)9-21-14(20)16-8-2-1-3-12(17)13(18)19/h4-7,12,17H,1-3,8-9H2,(H,16,20)(H,18,19)/t12-/m0/s1. The molecule has 1 aromatic rings. The summed E-state index contributed by atoms with van der Waals surface area (Å²) in [6.07, 6.45) is -0.645. The summed E-state index contributed by atoms with van der Waals surface area (Å²) in [7, 11) is 0. The van der Waals surface area contributed by atoms with Crippen LogP contribution in [0.3, 0.4) is 0 Å². The van der Waals surface area contributed by atoms with Gasteiger partial charge in [-0.1, -0.05) is 23.7 Å². The Bertz CT molecular complexity index is 463. The van der Waals surface area contributed by atoms with E-state index >= 15 is 0 Å². The number of rotatable bonds is 8. The maximum atomic E-state index is 11.4. The summed E-state index contributed by atoms with van der Waals surface area (Å²) >= 11 is 5.74. The van der Waals surface area contributed by atoms with E-state index in [9.17, 15) is 9.59 Å². The highest BCUT2D eigenvalue weighted by Gasteiger charge is 2.11. The number of benzene rings is 1. The number of aliphatic hydroxyl groups excluding tert-OH is 1. The van der Waals surface area contributed by atoms with Crippen LogP contribution in [-0.2, 0) is 16.1 Å². The Morgan fingerprint density at radius 3 is 2.52 bits per heavy atom. The largest absolute Gasteiger partial charge is 0.479 e. The van der Waals surface area contributed by atoms with Crippen LogP contribution in [0.15, 0.2) is 24.3 Å². The molecule has 21 heavy (non-hydrogen) atoms. The van der Waals surface area contributed by atoms with Crippen LogP contribution in [0.25, 0.3) is 0 Å². The van der Waals surface area contributed by atoms with Gasteiger partial charge in [0.1, 0.15) is 6.61 Å². The molecule has 116 valence electrons. The number of aliphatic hydroxyl groups is 1. The van der Waals surface area contributed by atoms with Crippen LogP contribution in [0.1, 0.15) is 24.8 Å². The van der Waals surface area contributed by atoms with Gasteiger partial charge in [-0.2, -0.15) is 0 Å². The number of carboxylic acids is 1. The highest BCUT2D eigenvalue weighted by molar-refractivity contribution is 6.30. The van der Waals surface area contributed by atoms with Gasteiger partial charge in [-0.05, 0) is 37.0 Å². The summed E-state index contributed by atoms with van der Waals surface area (Å²) in [5.41, 5.74) is 0.833. The number of halogens is 1. The van der Waals surface area contributed by atoms with Gasteiger partial charge in [-0.3, -0.25) is 0 Å². The second-order valence-corrected chi connectivity index (χ2v) is 4.92. The number of amides is 1. The summed E-state index contributed by atoms with van der Waals surface area (Å²) in [5.74, 6) is -1.23. The van der Waals surface area contributed by atoms with Crippen molar-refractivity contribution in [2.45, 2.75) is 32.0 Å². The second-order valence-electron chi connectivity index (χ2n) is 4.48. The molecule has 0 saturated heterocycles. The Morgan fingerprint density at radius 1 is 1.24 bits per heavy atom. The number of nitrogens with one attached hydrogen (secondary N) is 1. The summed E-state index contributed by atoms with van der Waals surface area (Å²) in [6, 6.07) is 6.96. The fourth-order valence-corrected chi connectivity index (χ4v) is 1.68. The summed E-state index contributed by atoms with van der Waals surface area (Å²) < 4.78 is 5.00. The summed E-state index contributed by atoms with van der Waals surface area (Å²) in [4.78, 5) is 21.7. The lowest BCUT2D eigenvalue weighted by molar-refractivity contribution is -0.146. The topological polar surface area (TPSA) is 95.9 Å². The Labute approximate surface area is 127 Å². The Kier molecular flexibility index (Phi) is 7.56. The molecule has 7 heteroatoms. The van der Waals surface area contributed by atoms with Gasteiger partial charge in [-0.25, -0.2) is 9.59 Å². The van der Waals surface area contributed by atoms with Crippen LogP contribution in [-0.4, -0.2) is 34.9 Å². The number of alkyl carbamates (subject to hydrolysis) is 1. The van der Waals surface area contributed by atoms with Crippen LogP contribution in [0, 0.1) is 0 Å². The quantitative estimate of drug-likeness (QED) is 0.639. The third-order valence-corrected chi connectivity index (χ3v) is 2.99. The first kappa shape index (κ1) is 17.3. The van der Waals surface area contributed by atoms with E-state index in [2.05, 4.69) is 5.32 Å². The molecule has 1 atom stereocenters. The predicted molar refractivity (Wildman–Crippen MR) is 77.1 cm³/mol. The molecule has 0 radical (unpaired) electrons. The normalized spacial score (nSPS) is 11.7. The number of hydrogen-bond acceptors (Lipinski definition) is 4. The highest BCUT2D eigenvalue weighted by Crippen LogP contribution is 2.10. The minimum absolute atomic E-state index is 0.154. The fraction of sp³-hybridized carbons (Fsp3) is 0.429. The first-order valence-corrected chi connectivity index (χ1v) is 6.93. The van der Waals surface area contributed by atoms with Gasteiger partial charge < -0.3 is 20.3 Å². The van der Waals surface area contributed by atoms with Crippen LogP contribution in [0.4, 0.5) is 4.79 Å². The molecule has 0 aromatic heterocycles. The van der Waals surface area contributed by atoms with E-state index < -0.39 is 18.2 Å². The number of aliphatic carboxylic acids is 1. The van der Waals surface area contributed by atoms with Crippen molar-refractivity contribution in [3.05, 3.63) is 34.9 Å².